The molecule has 5 heteroatoms. The smallest absolute Gasteiger partial charge is 0.338 e. The van der Waals surface area contributed by atoms with E-state index in [1.54, 1.807) is 19.2 Å². The third-order valence-electron chi connectivity index (χ3n) is 4.06. The summed E-state index contributed by atoms with van der Waals surface area (Å²) in [5.41, 5.74) is 8.61. The number of rotatable bonds is 4. The van der Waals surface area contributed by atoms with Crippen LogP contribution in [0.2, 0.25) is 0 Å². The van der Waals surface area contributed by atoms with E-state index in [4.69, 9.17) is 15.2 Å². The monoisotopic (exact) mass is 352 g/mol. The lowest BCUT2D eigenvalue weighted by molar-refractivity contribution is 0.00691. The zero-order chi connectivity index (χ0) is 18.9. The molecule has 26 heavy (non-hydrogen) atoms. The van der Waals surface area contributed by atoms with E-state index in [1.807, 2.05) is 51.2 Å². The number of anilines is 1. The highest BCUT2D eigenvalue weighted by Crippen LogP contribution is 2.26. The van der Waals surface area contributed by atoms with Crippen LogP contribution >= 0.6 is 0 Å². The summed E-state index contributed by atoms with van der Waals surface area (Å²) in [6, 6.07) is 13.3. The molecule has 2 N–H and O–H groups in total. The number of nitrogens with two attached hydrogens (primary N) is 1. The Kier molecular flexibility index (Phi) is 4.64. The molecule has 0 saturated carbocycles. The minimum absolute atomic E-state index is 0.360. The first-order chi connectivity index (χ1) is 12.3. The number of fused-ring (bicyclic) bond motifs is 1. The van der Waals surface area contributed by atoms with Gasteiger partial charge >= 0.3 is 5.97 Å². The van der Waals surface area contributed by atoms with Crippen molar-refractivity contribution in [3.63, 3.8) is 0 Å². The van der Waals surface area contributed by atoms with Crippen molar-refractivity contribution in [1.29, 1.82) is 0 Å². The van der Waals surface area contributed by atoms with Crippen molar-refractivity contribution in [3.8, 4) is 5.75 Å². The van der Waals surface area contributed by atoms with E-state index in [-0.39, 0.29) is 5.97 Å². The number of hydrogen-bond acceptors (Lipinski definition) is 4. The largest absolute Gasteiger partial charge is 0.496 e. The Bertz CT molecular complexity index is 952. The second-order valence-electron chi connectivity index (χ2n) is 7.29. The van der Waals surface area contributed by atoms with Gasteiger partial charge in [0, 0.05) is 17.4 Å². The molecule has 0 amide bonds. The molecule has 0 spiro atoms. The van der Waals surface area contributed by atoms with Crippen LogP contribution in [0, 0.1) is 0 Å². The summed E-state index contributed by atoms with van der Waals surface area (Å²) < 4.78 is 13.0. The Morgan fingerprint density at radius 1 is 1.12 bits per heavy atom. The lowest BCUT2D eigenvalue weighted by atomic mass is 10.1. The van der Waals surface area contributed by atoms with Gasteiger partial charge in [-0.15, -0.1) is 0 Å². The lowest BCUT2D eigenvalue weighted by Gasteiger charge is -2.20. The Labute approximate surface area is 153 Å². The summed E-state index contributed by atoms with van der Waals surface area (Å²) in [6.45, 7) is 6.16. The molecule has 1 heterocycles. The van der Waals surface area contributed by atoms with Crippen molar-refractivity contribution in [2.45, 2.75) is 32.9 Å². The quantitative estimate of drug-likeness (QED) is 0.563. The third-order valence-corrected chi connectivity index (χ3v) is 4.06. The molecule has 0 saturated heterocycles. The number of carbonyl (C=O) groups excluding carboxylic acids is 1. The number of hydrogen-bond donors (Lipinski definition) is 1. The number of aromatic nitrogens is 1. The summed E-state index contributed by atoms with van der Waals surface area (Å²) >= 11 is 0. The number of ether oxygens (including phenoxy) is 2. The van der Waals surface area contributed by atoms with Gasteiger partial charge in [-0.1, -0.05) is 12.1 Å². The van der Waals surface area contributed by atoms with Gasteiger partial charge in [0.15, 0.2) is 0 Å². The van der Waals surface area contributed by atoms with Crippen molar-refractivity contribution in [3.05, 3.63) is 59.8 Å². The highest BCUT2D eigenvalue weighted by atomic mass is 16.6. The molecule has 0 aliphatic carbocycles. The topological polar surface area (TPSA) is 66.5 Å². The molecule has 3 rings (SSSR count). The SMILES string of the molecule is COc1cc(C(=O)OC(C)(C)C)ccc1Cn1ccc2ccc(N)cc21. The maximum Gasteiger partial charge on any atom is 0.338 e. The molecule has 0 aliphatic rings. The van der Waals surface area contributed by atoms with Gasteiger partial charge in [0.1, 0.15) is 11.4 Å². The van der Waals surface area contributed by atoms with E-state index < -0.39 is 5.60 Å². The van der Waals surface area contributed by atoms with Crippen LogP contribution in [0.15, 0.2) is 48.7 Å². The molecule has 0 atom stereocenters. The lowest BCUT2D eigenvalue weighted by Crippen LogP contribution is -2.23. The van der Waals surface area contributed by atoms with Crippen LogP contribution in [0.4, 0.5) is 5.69 Å². The van der Waals surface area contributed by atoms with Crippen molar-refractivity contribution in [2.24, 2.45) is 0 Å². The normalized spacial score (nSPS) is 11.5. The molecule has 5 nitrogen and oxygen atoms in total. The van der Waals surface area contributed by atoms with Crippen LogP contribution in [0.5, 0.6) is 5.75 Å². The number of methoxy groups -OCH3 is 1. The van der Waals surface area contributed by atoms with Gasteiger partial charge in [-0.05, 0) is 56.5 Å². The van der Waals surface area contributed by atoms with Gasteiger partial charge in [-0.3, -0.25) is 0 Å². The van der Waals surface area contributed by atoms with Crippen molar-refractivity contribution >= 4 is 22.6 Å². The number of esters is 1. The standard InChI is InChI=1S/C21H24N2O3/c1-21(2,3)26-20(24)15-5-6-16(19(11-15)25-4)13-23-10-9-14-7-8-17(22)12-18(14)23/h5-12H,13,22H2,1-4H3. The van der Waals surface area contributed by atoms with E-state index in [1.165, 1.54) is 0 Å². The first kappa shape index (κ1) is 17.9. The van der Waals surface area contributed by atoms with E-state index in [9.17, 15) is 4.79 Å². The predicted molar refractivity (Wildman–Crippen MR) is 104 cm³/mol. The van der Waals surface area contributed by atoms with E-state index in [0.29, 0.717) is 17.9 Å². The maximum atomic E-state index is 12.3. The predicted octanol–water partition coefficient (Wildman–Crippen LogP) is 4.24. The Morgan fingerprint density at radius 2 is 1.88 bits per heavy atom. The molecule has 0 bridgehead atoms. The van der Waals surface area contributed by atoms with Crippen molar-refractivity contribution in [1.82, 2.24) is 4.57 Å². The third kappa shape index (κ3) is 3.82. The molecule has 2 aromatic carbocycles. The van der Waals surface area contributed by atoms with E-state index >= 15 is 0 Å². The number of benzene rings is 2. The second kappa shape index (κ2) is 6.75. The van der Waals surface area contributed by atoms with Gasteiger partial charge in [-0.25, -0.2) is 4.79 Å². The summed E-state index contributed by atoms with van der Waals surface area (Å²) in [4.78, 5) is 12.3. The van der Waals surface area contributed by atoms with Crippen LogP contribution in [0.3, 0.4) is 0 Å². The van der Waals surface area contributed by atoms with Gasteiger partial charge in [-0.2, -0.15) is 0 Å². The Hall–Kier alpha value is -2.95. The number of nitrogen functional groups attached to an aromatic ring is 1. The highest BCUT2D eigenvalue weighted by Gasteiger charge is 2.19. The molecule has 0 radical (unpaired) electrons. The molecular formula is C21H24N2O3. The fourth-order valence-electron chi connectivity index (χ4n) is 2.86. The Morgan fingerprint density at radius 3 is 2.58 bits per heavy atom. The van der Waals surface area contributed by atoms with Gasteiger partial charge in [0.25, 0.3) is 0 Å². The van der Waals surface area contributed by atoms with Gasteiger partial charge < -0.3 is 19.8 Å². The first-order valence-electron chi connectivity index (χ1n) is 8.51. The van der Waals surface area contributed by atoms with Crippen molar-refractivity contribution < 1.29 is 14.3 Å². The molecule has 0 aliphatic heterocycles. The zero-order valence-electron chi connectivity index (χ0n) is 15.6. The second-order valence-corrected chi connectivity index (χ2v) is 7.29. The van der Waals surface area contributed by atoms with Gasteiger partial charge in [0.2, 0.25) is 0 Å². The summed E-state index contributed by atoms with van der Waals surface area (Å²) in [6.07, 6.45) is 2.02. The fraction of sp³-hybridized carbons (Fsp3) is 0.286. The highest BCUT2D eigenvalue weighted by molar-refractivity contribution is 5.90. The molecule has 1 aromatic heterocycles. The minimum Gasteiger partial charge on any atom is -0.496 e. The number of nitrogens with zero attached hydrogens (tertiary/aromatic N) is 1. The molecular weight excluding hydrogens is 328 g/mol. The van der Waals surface area contributed by atoms with Gasteiger partial charge in [0.05, 0.1) is 24.7 Å². The molecule has 0 unspecified atom stereocenters. The summed E-state index contributed by atoms with van der Waals surface area (Å²) in [5.74, 6) is 0.292. The molecule has 136 valence electrons. The van der Waals surface area contributed by atoms with Crippen LogP contribution in [-0.2, 0) is 11.3 Å². The van der Waals surface area contributed by atoms with Crippen LogP contribution in [-0.4, -0.2) is 23.2 Å². The van der Waals surface area contributed by atoms with Crippen molar-refractivity contribution in [2.75, 3.05) is 12.8 Å². The first-order valence-corrected chi connectivity index (χ1v) is 8.51. The van der Waals surface area contributed by atoms with Crippen LogP contribution in [0.1, 0.15) is 36.7 Å². The number of carbonyl (C=O) groups is 1. The minimum atomic E-state index is -0.535. The average molecular weight is 352 g/mol. The maximum absolute atomic E-state index is 12.3. The fourth-order valence-corrected chi connectivity index (χ4v) is 2.86. The Balaban J connectivity index is 1.90. The molecule has 3 aromatic rings. The summed E-state index contributed by atoms with van der Waals surface area (Å²) in [7, 11) is 1.60. The van der Waals surface area contributed by atoms with Crippen LogP contribution in [0.25, 0.3) is 10.9 Å². The summed E-state index contributed by atoms with van der Waals surface area (Å²) in [5, 5.41) is 1.13. The van der Waals surface area contributed by atoms with Crippen LogP contribution < -0.4 is 10.5 Å². The average Bonchev–Trinajstić information content (AvgIpc) is 2.95. The van der Waals surface area contributed by atoms with E-state index in [2.05, 4.69) is 10.6 Å². The molecule has 0 fully saturated rings. The zero-order valence-corrected chi connectivity index (χ0v) is 15.6. The van der Waals surface area contributed by atoms with E-state index in [0.717, 1.165) is 22.2 Å².